The summed E-state index contributed by atoms with van der Waals surface area (Å²) in [6, 6.07) is 0. The fraction of sp³-hybridized carbons (Fsp3) is 0.714. The molecule has 20 heavy (non-hydrogen) atoms. The van der Waals surface area contributed by atoms with E-state index in [9.17, 15) is 10.2 Å². The van der Waals surface area contributed by atoms with Gasteiger partial charge in [0.2, 0.25) is 0 Å². The van der Waals surface area contributed by atoms with Crippen LogP contribution in [-0.4, -0.2) is 75.3 Å². The third-order valence-electron chi connectivity index (χ3n) is 2.08. The van der Waals surface area contributed by atoms with Crippen molar-refractivity contribution in [2.45, 2.75) is 12.2 Å². The molecule has 118 valence electrons. The lowest BCUT2D eigenvalue weighted by atomic mass is 10.4. The van der Waals surface area contributed by atoms with Crippen molar-refractivity contribution in [2.75, 3.05) is 52.9 Å². The molecule has 0 rings (SSSR count). The fourth-order valence-electron chi connectivity index (χ4n) is 1.23. The van der Waals surface area contributed by atoms with Crippen LogP contribution in [0.1, 0.15) is 0 Å². The highest BCUT2D eigenvalue weighted by Gasteiger charge is 2.05. The predicted molar refractivity (Wildman–Crippen MR) is 75.7 cm³/mol. The van der Waals surface area contributed by atoms with Gasteiger partial charge in [-0.3, -0.25) is 0 Å². The lowest BCUT2D eigenvalue weighted by Crippen LogP contribution is -2.25. The molecule has 0 aliphatic carbocycles. The van der Waals surface area contributed by atoms with Gasteiger partial charge in [0, 0.05) is 0 Å². The minimum Gasteiger partial charge on any atom is -0.388 e. The molecule has 0 aromatic rings. The SMILES string of the molecule is C=CCOCC(O)COCCOCC(O)COCC=C. The third-order valence-corrected chi connectivity index (χ3v) is 2.08. The Kier molecular flexibility index (Phi) is 14.1. The lowest BCUT2D eigenvalue weighted by molar-refractivity contribution is -0.0469. The van der Waals surface area contributed by atoms with E-state index in [1.807, 2.05) is 0 Å². The van der Waals surface area contributed by atoms with Crippen molar-refractivity contribution in [3.8, 4) is 0 Å². The van der Waals surface area contributed by atoms with Crippen molar-refractivity contribution in [1.82, 2.24) is 0 Å². The molecule has 0 spiro atoms. The van der Waals surface area contributed by atoms with E-state index in [1.54, 1.807) is 12.2 Å². The molecule has 6 nitrogen and oxygen atoms in total. The number of aliphatic hydroxyl groups is 2. The standard InChI is InChI=1S/C14H26O6/c1-3-5-17-9-13(15)11-19-7-8-20-12-14(16)10-18-6-4-2/h3-4,13-16H,1-2,5-12H2. The van der Waals surface area contributed by atoms with Gasteiger partial charge in [-0.2, -0.15) is 0 Å². The van der Waals surface area contributed by atoms with Gasteiger partial charge in [0.15, 0.2) is 0 Å². The molecule has 2 N–H and O–H groups in total. The highest BCUT2D eigenvalue weighted by Crippen LogP contribution is 1.91. The average Bonchev–Trinajstić information content (AvgIpc) is 2.43. The van der Waals surface area contributed by atoms with Crippen LogP contribution in [0, 0.1) is 0 Å². The van der Waals surface area contributed by atoms with Gasteiger partial charge in [0.25, 0.3) is 0 Å². The molecule has 0 aliphatic heterocycles. The predicted octanol–water partition coefficient (Wildman–Crippen LogP) is 0.147. The molecule has 0 amide bonds. The van der Waals surface area contributed by atoms with Gasteiger partial charge in [-0.15, -0.1) is 13.2 Å². The number of hydrogen-bond donors (Lipinski definition) is 2. The Labute approximate surface area is 120 Å². The van der Waals surface area contributed by atoms with E-state index in [0.717, 1.165) is 0 Å². The summed E-state index contributed by atoms with van der Waals surface area (Å²) in [4.78, 5) is 0. The van der Waals surface area contributed by atoms with Crippen LogP contribution in [0.2, 0.25) is 0 Å². The summed E-state index contributed by atoms with van der Waals surface area (Å²) < 4.78 is 20.5. The molecular weight excluding hydrogens is 264 g/mol. The fourth-order valence-corrected chi connectivity index (χ4v) is 1.23. The topological polar surface area (TPSA) is 77.4 Å². The van der Waals surface area contributed by atoms with Crippen LogP contribution < -0.4 is 0 Å². The van der Waals surface area contributed by atoms with Crippen LogP contribution in [-0.2, 0) is 18.9 Å². The highest BCUT2D eigenvalue weighted by molar-refractivity contribution is 4.65. The smallest absolute Gasteiger partial charge is 0.101 e. The second-order valence-corrected chi connectivity index (χ2v) is 4.11. The molecule has 0 saturated heterocycles. The Balaban J connectivity index is 3.26. The zero-order valence-corrected chi connectivity index (χ0v) is 11.9. The monoisotopic (exact) mass is 290 g/mol. The molecule has 2 atom stereocenters. The number of hydrogen-bond acceptors (Lipinski definition) is 6. The van der Waals surface area contributed by atoms with Crippen LogP contribution in [0.15, 0.2) is 25.3 Å². The van der Waals surface area contributed by atoms with Crippen LogP contribution in [0.25, 0.3) is 0 Å². The molecule has 0 aromatic carbocycles. The summed E-state index contributed by atoms with van der Waals surface area (Å²) in [6.45, 7) is 9.32. The van der Waals surface area contributed by atoms with E-state index in [0.29, 0.717) is 26.4 Å². The Morgan fingerprint density at radius 3 is 1.40 bits per heavy atom. The molecule has 0 saturated carbocycles. The molecule has 0 bridgehead atoms. The maximum Gasteiger partial charge on any atom is 0.101 e. The van der Waals surface area contributed by atoms with E-state index >= 15 is 0 Å². The first kappa shape index (κ1) is 19.2. The van der Waals surface area contributed by atoms with Gasteiger partial charge in [0.05, 0.1) is 52.9 Å². The molecule has 0 aromatic heterocycles. The van der Waals surface area contributed by atoms with E-state index in [4.69, 9.17) is 18.9 Å². The second kappa shape index (κ2) is 14.6. The molecule has 0 fully saturated rings. The Morgan fingerprint density at radius 1 is 0.700 bits per heavy atom. The first-order chi connectivity index (χ1) is 9.70. The Morgan fingerprint density at radius 2 is 1.05 bits per heavy atom. The van der Waals surface area contributed by atoms with Gasteiger partial charge in [-0.25, -0.2) is 0 Å². The molecule has 6 heteroatoms. The van der Waals surface area contributed by atoms with Crippen molar-refractivity contribution in [3.05, 3.63) is 25.3 Å². The van der Waals surface area contributed by atoms with Gasteiger partial charge in [-0.1, -0.05) is 12.2 Å². The maximum absolute atomic E-state index is 9.45. The van der Waals surface area contributed by atoms with Crippen molar-refractivity contribution in [2.24, 2.45) is 0 Å². The quantitative estimate of drug-likeness (QED) is 0.330. The summed E-state index contributed by atoms with van der Waals surface area (Å²) in [6.07, 6.45) is 1.91. The summed E-state index contributed by atoms with van der Waals surface area (Å²) in [5.74, 6) is 0. The molecule has 2 unspecified atom stereocenters. The van der Waals surface area contributed by atoms with Gasteiger partial charge in [-0.05, 0) is 0 Å². The number of ether oxygens (including phenoxy) is 4. The molecule has 0 heterocycles. The summed E-state index contributed by atoms with van der Waals surface area (Å²) in [5.41, 5.74) is 0. The summed E-state index contributed by atoms with van der Waals surface area (Å²) in [5, 5.41) is 18.9. The van der Waals surface area contributed by atoms with Crippen molar-refractivity contribution in [3.63, 3.8) is 0 Å². The Bertz CT molecular complexity index is 210. The highest BCUT2D eigenvalue weighted by atomic mass is 16.5. The third kappa shape index (κ3) is 13.7. The van der Waals surface area contributed by atoms with Crippen LogP contribution in [0.3, 0.4) is 0 Å². The summed E-state index contributed by atoms with van der Waals surface area (Å²) >= 11 is 0. The zero-order valence-electron chi connectivity index (χ0n) is 11.9. The second-order valence-electron chi connectivity index (χ2n) is 4.11. The van der Waals surface area contributed by atoms with Gasteiger partial charge < -0.3 is 29.2 Å². The van der Waals surface area contributed by atoms with Gasteiger partial charge >= 0.3 is 0 Å². The van der Waals surface area contributed by atoms with Crippen LogP contribution in [0.4, 0.5) is 0 Å². The van der Waals surface area contributed by atoms with Crippen molar-refractivity contribution >= 4 is 0 Å². The van der Waals surface area contributed by atoms with E-state index in [1.165, 1.54) is 0 Å². The Hall–Kier alpha value is -0.760. The van der Waals surface area contributed by atoms with Crippen LogP contribution >= 0.6 is 0 Å². The largest absolute Gasteiger partial charge is 0.388 e. The van der Waals surface area contributed by atoms with Gasteiger partial charge in [0.1, 0.15) is 12.2 Å². The minimum atomic E-state index is -0.659. The summed E-state index contributed by atoms with van der Waals surface area (Å²) in [7, 11) is 0. The van der Waals surface area contributed by atoms with Crippen molar-refractivity contribution < 1.29 is 29.2 Å². The van der Waals surface area contributed by atoms with E-state index in [-0.39, 0.29) is 26.4 Å². The normalized spacial score (nSPS) is 13.9. The van der Waals surface area contributed by atoms with Crippen LogP contribution in [0.5, 0.6) is 0 Å². The maximum atomic E-state index is 9.45. The average molecular weight is 290 g/mol. The zero-order chi connectivity index (χ0) is 15.1. The van der Waals surface area contributed by atoms with E-state index < -0.39 is 12.2 Å². The first-order valence-corrected chi connectivity index (χ1v) is 6.59. The number of rotatable bonds is 15. The lowest BCUT2D eigenvalue weighted by Gasteiger charge is -2.13. The number of aliphatic hydroxyl groups excluding tert-OH is 2. The first-order valence-electron chi connectivity index (χ1n) is 6.59. The minimum absolute atomic E-state index is 0.186. The van der Waals surface area contributed by atoms with Crippen molar-refractivity contribution in [1.29, 1.82) is 0 Å². The molecule has 0 aliphatic rings. The molecular formula is C14H26O6. The van der Waals surface area contributed by atoms with E-state index in [2.05, 4.69) is 13.2 Å². The molecule has 0 radical (unpaired) electrons.